The maximum absolute atomic E-state index is 11.7. The fourth-order valence-electron chi connectivity index (χ4n) is 2.55. The van der Waals surface area contributed by atoms with Gasteiger partial charge in [0.1, 0.15) is 0 Å². The molecule has 0 spiro atoms. The van der Waals surface area contributed by atoms with Crippen molar-refractivity contribution in [2.24, 2.45) is 0 Å². The number of hydrogen-bond acceptors (Lipinski definition) is 2. The molecular weight excluding hydrogens is 212 g/mol. The van der Waals surface area contributed by atoms with E-state index < -0.39 is 0 Å². The summed E-state index contributed by atoms with van der Waals surface area (Å²) in [6.45, 7) is 7.95. The van der Waals surface area contributed by atoms with Gasteiger partial charge in [0.15, 0.2) is 0 Å². The number of rotatable bonds is 2. The van der Waals surface area contributed by atoms with Gasteiger partial charge in [0, 0.05) is 13.1 Å². The van der Waals surface area contributed by atoms with Crippen molar-refractivity contribution in [3.63, 3.8) is 0 Å². The molecule has 1 aliphatic heterocycles. The van der Waals surface area contributed by atoms with Gasteiger partial charge in [-0.3, -0.25) is 4.79 Å². The van der Waals surface area contributed by atoms with E-state index in [0.29, 0.717) is 0 Å². The summed E-state index contributed by atoms with van der Waals surface area (Å²) in [7, 11) is 0. The third kappa shape index (κ3) is 2.67. The van der Waals surface area contributed by atoms with Crippen LogP contribution in [-0.2, 0) is 11.2 Å². The Kier molecular flexibility index (Phi) is 3.48. The molecule has 1 aliphatic rings. The number of carbonyl (C=O) groups is 1. The molecule has 0 aromatic heterocycles. The zero-order chi connectivity index (χ0) is 12.4. The van der Waals surface area contributed by atoms with Crippen molar-refractivity contribution in [3.8, 4) is 0 Å². The highest BCUT2D eigenvalue weighted by Crippen LogP contribution is 2.18. The Hall–Kier alpha value is -1.35. The van der Waals surface area contributed by atoms with E-state index in [1.807, 2.05) is 0 Å². The van der Waals surface area contributed by atoms with Gasteiger partial charge in [-0.2, -0.15) is 0 Å². The molecule has 1 amide bonds. The van der Waals surface area contributed by atoms with E-state index in [4.69, 9.17) is 0 Å². The average Bonchev–Trinajstić information content (AvgIpc) is 2.25. The first-order chi connectivity index (χ1) is 8.08. The molecule has 0 saturated carbocycles. The first kappa shape index (κ1) is 12.1. The number of nitrogens with one attached hydrogen (secondary N) is 2. The predicted octanol–water partition coefficient (Wildman–Crippen LogP) is 1.24. The molecule has 1 fully saturated rings. The lowest BCUT2D eigenvalue weighted by Crippen LogP contribution is -2.53. The van der Waals surface area contributed by atoms with Gasteiger partial charge in [0.05, 0.1) is 6.04 Å². The topological polar surface area (TPSA) is 41.1 Å². The quantitative estimate of drug-likeness (QED) is 0.805. The van der Waals surface area contributed by atoms with Crippen LogP contribution in [0.5, 0.6) is 0 Å². The van der Waals surface area contributed by atoms with Gasteiger partial charge < -0.3 is 10.6 Å². The van der Waals surface area contributed by atoms with E-state index in [2.05, 4.69) is 43.5 Å². The molecule has 1 unspecified atom stereocenters. The van der Waals surface area contributed by atoms with Crippen LogP contribution < -0.4 is 10.6 Å². The molecule has 0 aliphatic carbocycles. The van der Waals surface area contributed by atoms with E-state index >= 15 is 0 Å². The van der Waals surface area contributed by atoms with Crippen LogP contribution in [0.3, 0.4) is 0 Å². The number of aryl methyl sites for hydroxylation is 3. The Balaban J connectivity index is 2.20. The summed E-state index contributed by atoms with van der Waals surface area (Å²) in [6, 6.07) is 4.29. The maximum atomic E-state index is 11.7. The van der Waals surface area contributed by atoms with Crippen molar-refractivity contribution in [1.29, 1.82) is 0 Å². The first-order valence-corrected chi connectivity index (χ1v) is 6.16. The number of piperazine rings is 1. The molecule has 1 atom stereocenters. The number of carbonyl (C=O) groups excluding carboxylic acids is 1. The molecule has 0 radical (unpaired) electrons. The summed E-state index contributed by atoms with van der Waals surface area (Å²) >= 11 is 0. The minimum Gasteiger partial charge on any atom is -0.353 e. The number of hydrogen-bond donors (Lipinski definition) is 2. The summed E-state index contributed by atoms with van der Waals surface area (Å²) in [4.78, 5) is 11.7. The highest BCUT2D eigenvalue weighted by molar-refractivity contribution is 5.82. The maximum Gasteiger partial charge on any atom is 0.237 e. The average molecular weight is 232 g/mol. The molecule has 17 heavy (non-hydrogen) atoms. The van der Waals surface area contributed by atoms with E-state index in [0.717, 1.165) is 19.5 Å². The van der Waals surface area contributed by atoms with Crippen molar-refractivity contribution in [1.82, 2.24) is 10.6 Å². The van der Waals surface area contributed by atoms with E-state index in [1.54, 1.807) is 0 Å². The minimum atomic E-state index is -0.0798. The third-order valence-corrected chi connectivity index (χ3v) is 3.38. The highest BCUT2D eigenvalue weighted by atomic mass is 16.2. The molecule has 3 nitrogen and oxygen atoms in total. The lowest BCUT2D eigenvalue weighted by Gasteiger charge is -2.25. The molecular formula is C14H20N2O. The first-order valence-electron chi connectivity index (χ1n) is 6.16. The summed E-state index contributed by atoms with van der Waals surface area (Å²) < 4.78 is 0. The zero-order valence-corrected chi connectivity index (χ0v) is 10.8. The Morgan fingerprint density at radius 1 is 1.18 bits per heavy atom. The van der Waals surface area contributed by atoms with Gasteiger partial charge in [0.2, 0.25) is 5.91 Å². The molecule has 3 heteroatoms. The lowest BCUT2D eigenvalue weighted by molar-refractivity contribution is -0.124. The van der Waals surface area contributed by atoms with Crippen LogP contribution in [0.2, 0.25) is 0 Å². The highest BCUT2D eigenvalue weighted by Gasteiger charge is 2.22. The standard InChI is InChI=1S/C14H20N2O/c1-9-6-10(2)12(11(3)7-9)8-13-14(17)16-5-4-15-13/h6-7,13,15H,4-5,8H2,1-3H3,(H,16,17). The zero-order valence-electron chi connectivity index (χ0n) is 10.8. The summed E-state index contributed by atoms with van der Waals surface area (Å²) in [5.74, 6) is 0.121. The molecule has 1 heterocycles. The van der Waals surface area contributed by atoms with Crippen molar-refractivity contribution < 1.29 is 4.79 Å². The monoisotopic (exact) mass is 232 g/mol. The van der Waals surface area contributed by atoms with E-state index in [-0.39, 0.29) is 11.9 Å². The largest absolute Gasteiger partial charge is 0.353 e. The van der Waals surface area contributed by atoms with Crippen LogP contribution in [-0.4, -0.2) is 25.0 Å². The van der Waals surface area contributed by atoms with Gasteiger partial charge in [-0.05, 0) is 43.9 Å². The molecule has 0 bridgehead atoms. The Bertz CT molecular complexity index is 417. The van der Waals surface area contributed by atoms with Gasteiger partial charge in [-0.25, -0.2) is 0 Å². The van der Waals surface area contributed by atoms with Crippen LogP contribution in [0, 0.1) is 20.8 Å². The van der Waals surface area contributed by atoms with Gasteiger partial charge in [-0.1, -0.05) is 17.7 Å². The van der Waals surface area contributed by atoms with Crippen LogP contribution in [0.25, 0.3) is 0 Å². The summed E-state index contributed by atoms with van der Waals surface area (Å²) in [6.07, 6.45) is 0.782. The Morgan fingerprint density at radius 2 is 1.82 bits per heavy atom. The normalized spacial score (nSPS) is 20.2. The van der Waals surface area contributed by atoms with Crippen LogP contribution in [0.1, 0.15) is 22.3 Å². The second-order valence-corrected chi connectivity index (χ2v) is 4.88. The van der Waals surface area contributed by atoms with Crippen LogP contribution in [0.4, 0.5) is 0 Å². The second-order valence-electron chi connectivity index (χ2n) is 4.88. The third-order valence-electron chi connectivity index (χ3n) is 3.38. The summed E-state index contributed by atoms with van der Waals surface area (Å²) in [5, 5.41) is 6.18. The Morgan fingerprint density at radius 3 is 2.41 bits per heavy atom. The van der Waals surface area contributed by atoms with Crippen molar-refractivity contribution >= 4 is 5.91 Å². The Labute approximate surface area is 103 Å². The molecule has 2 rings (SSSR count). The molecule has 1 saturated heterocycles. The fourth-order valence-corrected chi connectivity index (χ4v) is 2.55. The number of benzene rings is 1. The fraction of sp³-hybridized carbons (Fsp3) is 0.500. The lowest BCUT2D eigenvalue weighted by atomic mass is 9.93. The van der Waals surface area contributed by atoms with Crippen molar-refractivity contribution in [3.05, 3.63) is 34.4 Å². The SMILES string of the molecule is Cc1cc(C)c(CC2NCCNC2=O)c(C)c1. The van der Waals surface area contributed by atoms with Crippen molar-refractivity contribution in [2.45, 2.75) is 33.2 Å². The van der Waals surface area contributed by atoms with Crippen molar-refractivity contribution in [2.75, 3.05) is 13.1 Å². The molecule has 1 aromatic rings. The molecule has 1 aromatic carbocycles. The predicted molar refractivity (Wildman–Crippen MR) is 69.2 cm³/mol. The minimum absolute atomic E-state index is 0.0798. The second kappa shape index (κ2) is 4.88. The van der Waals surface area contributed by atoms with Gasteiger partial charge in [0.25, 0.3) is 0 Å². The number of amides is 1. The van der Waals surface area contributed by atoms with Crippen LogP contribution >= 0.6 is 0 Å². The van der Waals surface area contributed by atoms with Gasteiger partial charge in [-0.15, -0.1) is 0 Å². The van der Waals surface area contributed by atoms with E-state index in [1.165, 1.54) is 22.3 Å². The molecule has 92 valence electrons. The van der Waals surface area contributed by atoms with E-state index in [9.17, 15) is 4.79 Å². The smallest absolute Gasteiger partial charge is 0.237 e. The van der Waals surface area contributed by atoms with Crippen LogP contribution in [0.15, 0.2) is 12.1 Å². The molecule has 2 N–H and O–H groups in total. The van der Waals surface area contributed by atoms with Gasteiger partial charge >= 0.3 is 0 Å². The summed E-state index contributed by atoms with van der Waals surface area (Å²) in [5.41, 5.74) is 5.14.